The molecule has 0 bridgehead atoms. The lowest BCUT2D eigenvalue weighted by atomic mass is 10.1. The van der Waals surface area contributed by atoms with Gasteiger partial charge in [-0.05, 0) is 76.1 Å². The summed E-state index contributed by atoms with van der Waals surface area (Å²) in [6.45, 7) is 0. The van der Waals surface area contributed by atoms with E-state index >= 15 is 0 Å². The summed E-state index contributed by atoms with van der Waals surface area (Å²) in [5, 5.41) is 0. The largest absolute Gasteiger partial charge is 0.423 e. The van der Waals surface area contributed by atoms with Crippen LogP contribution in [0, 0.1) is 0 Å². The Balaban J connectivity index is 1.65. The first-order valence-corrected chi connectivity index (χ1v) is 9.66. The van der Waals surface area contributed by atoms with Gasteiger partial charge in [-0.15, -0.1) is 0 Å². The fraction of sp³-hybridized carbons (Fsp3) is 0. The van der Waals surface area contributed by atoms with Gasteiger partial charge in [-0.2, -0.15) is 0 Å². The average Bonchev–Trinajstić information content (AvgIpc) is 2.68. The number of esters is 1. The molecular formula is C22H14Br2O3. The maximum Gasteiger partial charge on any atom is 0.344 e. The minimum atomic E-state index is -0.434. The monoisotopic (exact) mass is 484 g/mol. The Kier molecular flexibility index (Phi) is 6.37. The summed E-state index contributed by atoms with van der Waals surface area (Å²) in [5.41, 5.74) is 1.91. The zero-order valence-electron chi connectivity index (χ0n) is 14.1. The summed E-state index contributed by atoms with van der Waals surface area (Å²) in [5.74, 6) is -0.0738. The van der Waals surface area contributed by atoms with Gasteiger partial charge in [-0.3, -0.25) is 4.79 Å². The maximum absolute atomic E-state index is 12.2. The van der Waals surface area contributed by atoms with E-state index in [1.165, 1.54) is 6.08 Å². The van der Waals surface area contributed by atoms with Crippen LogP contribution in [0.15, 0.2) is 87.8 Å². The van der Waals surface area contributed by atoms with Crippen molar-refractivity contribution < 1.29 is 14.3 Å². The lowest BCUT2D eigenvalue weighted by Crippen LogP contribution is -2.09. The predicted molar refractivity (Wildman–Crippen MR) is 113 cm³/mol. The van der Waals surface area contributed by atoms with E-state index in [4.69, 9.17) is 4.74 Å². The molecule has 3 rings (SSSR count). The number of ether oxygens (including phenoxy) is 1. The van der Waals surface area contributed by atoms with Gasteiger partial charge in [0, 0.05) is 14.5 Å². The Bertz CT molecular complexity index is 991. The van der Waals surface area contributed by atoms with Crippen LogP contribution in [-0.2, 0) is 0 Å². The fourth-order valence-corrected chi connectivity index (χ4v) is 3.03. The second kappa shape index (κ2) is 8.93. The summed E-state index contributed by atoms with van der Waals surface area (Å²) in [7, 11) is 0. The molecule has 0 N–H and O–H groups in total. The summed E-state index contributed by atoms with van der Waals surface area (Å²) in [6, 6.07) is 21.2. The third kappa shape index (κ3) is 5.25. The molecule has 134 valence electrons. The first-order chi connectivity index (χ1) is 13.0. The highest BCUT2D eigenvalue weighted by molar-refractivity contribution is 9.10. The number of rotatable bonds is 5. The molecule has 0 amide bonds. The van der Waals surface area contributed by atoms with Crippen molar-refractivity contribution in [2.75, 3.05) is 0 Å². The number of halogens is 2. The SMILES string of the molecule is O=C(/C=C/c1ccc(OC(=O)c2ccccc2Br)cc1)c1ccc(Br)cc1. The first-order valence-electron chi connectivity index (χ1n) is 8.08. The van der Waals surface area contributed by atoms with Crippen LogP contribution >= 0.6 is 31.9 Å². The van der Waals surface area contributed by atoms with Crippen molar-refractivity contribution in [1.29, 1.82) is 0 Å². The molecule has 0 fully saturated rings. The van der Waals surface area contributed by atoms with Gasteiger partial charge in [-0.1, -0.05) is 46.3 Å². The van der Waals surface area contributed by atoms with Gasteiger partial charge in [-0.25, -0.2) is 4.79 Å². The highest BCUT2D eigenvalue weighted by Crippen LogP contribution is 2.20. The molecule has 3 aromatic carbocycles. The van der Waals surface area contributed by atoms with Gasteiger partial charge >= 0.3 is 5.97 Å². The van der Waals surface area contributed by atoms with Gasteiger partial charge in [0.1, 0.15) is 5.75 Å². The molecule has 0 aliphatic heterocycles. The van der Waals surface area contributed by atoms with E-state index < -0.39 is 5.97 Å². The Labute approximate surface area is 173 Å². The Morgan fingerprint density at radius 2 is 1.48 bits per heavy atom. The smallest absolute Gasteiger partial charge is 0.344 e. The number of hydrogen-bond donors (Lipinski definition) is 0. The molecule has 0 aliphatic carbocycles. The van der Waals surface area contributed by atoms with Crippen molar-refractivity contribution >= 4 is 49.7 Å². The van der Waals surface area contributed by atoms with Gasteiger partial charge in [0.05, 0.1) is 5.56 Å². The van der Waals surface area contributed by atoms with Crippen molar-refractivity contribution in [2.24, 2.45) is 0 Å². The number of carbonyl (C=O) groups is 2. The van der Waals surface area contributed by atoms with Crippen molar-refractivity contribution in [2.45, 2.75) is 0 Å². The van der Waals surface area contributed by atoms with E-state index in [1.54, 1.807) is 60.7 Å². The predicted octanol–water partition coefficient (Wildman–Crippen LogP) is 6.33. The van der Waals surface area contributed by atoms with Gasteiger partial charge in [0.2, 0.25) is 0 Å². The van der Waals surface area contributed by atoms with Crippen molar-refractivity contribution in [3.8, 4) is 5.75 Å². The Hall–Kier alpha value is -2.50. The van der Waals surface area contributed by atoms with Crippen molar-refractivity contribution in [1.82, 2.24) is 0 Å². The molecule has 0 heterocycles. The molecule has 3 nitrogen and oxygen atoms in total. The van der Waals surface area contributed by atoms with Gasteiger partial charge in [0.25, 0.3) is 0 Å². The molecule has 3 aromatic rings. The normalized spacial score (nSPS) is 10.7. The molecular weight excluding hydrogens is 472 g/mol. The minimum Gasteiger partial charge on any atom is -0.423 e. The van der Waals surface area contributed by atoms with E-state index in [0.717, 1.165) is 10.0 Å². The average molecular weight is 486 g/mol. The van der Waals surface area contributed by atoms with E-state index in [-0.39, 0.29) is 5.78 Å². The Morgan fingerprint density at radius 1 is 0.815 bits per heavy atom. The first kappa shape index (κ1) is 19.3. The zero-order chi connectivity index (χ0) is 19.2. The number of ketones is 1. The van der Waals surface area contributed by atoms with Crippen LogP contribution in [0.3, 0.4) is 0 Å². The van der Waals surface area contributed by atoms with Crippen LogP contribution in [0.1, 0.15) is 26.3 Å². The van der Waals surface area contributed by atoms with Gasteiger partial charge in [0.15, 0.2) is 5.78 Å². The number of benzene rings is 3. The standard InChI is InChI=1S/C22H14Br2O3/c23-17-10-8-16(9-11-17)21(25)14-7-15-5-12-18(13-6-15)27-22(26)19-3-1-2-4-20(19)24/h1-14H/b14-7+. The zero-order valence-corrected chi connectivity index (χ0v) is 17.2. The van der Waals surface area contributed by atoms with Crippen LogP contribution in [-0.4, -0.2) is 11.8 Å². The molecule has 27 heavy (non-hydrogen) atoms. The molecule has 0 aliphatic rings. The summed E-state index contributed by atoms with van der Waals surface area (Å²) in [6.07, 6.45) is 3.25. The van der Waals surface area contributed by atoms with E-state index in [1.807, 2.05) is 18.2 Å². The minimum absolute atomic E-state index is 0.0769. The highest BCUT2D eigenvalue weighted by atomic mass is 79.9. The molecule has 0 spiro atoms. The molecule has 5 heteroatoms. The topological polar surface area (TPSA) is 43.4 Å². The summed E-state index contributed by atoms with van der Waals surface area (Å²) >= 11 is 6.68. The van der Waals surface area contributed by atoms with Crippen molar-refractivity contribution in [3.63, 3.8) is 0 Å². The second-order valence-electron chi connectivity index (χ2n) is 5.64. The van der Waals surface area contributed by atoms with Crippen LogP contribution in [0.2, 0.25) is 0 Å². The van der Waals surface area contributed by atoms with Crippen LogP contribution < -0.4 is 4.74 Å². The number of allylic oxidation sites excluding steroid dienone is 1. The lowest BCUT2D eigenvalue weighted by molar-refractivity contribution is 0.0733. The summed E-state index contributed by atoms with van der Waals surface area (Å²) < 4.78 is 6.99. The molecule has 0 radical (unpaired) electrons. The van der Waals surface area contributed by atoms with E-state index in [0.29, 0.717) is 21.3 Å². The molecule has 0 unspecified atom stereocenters. The van der Waals surface area contributed by atoms with Crippen molar-refractivity contribution in [3.05, 3.63) is 105 Å². The highest BCUT2D eigenvalue weighted by Gasteiger charge is 2.11. The van der Waals surface area contributed by atoms with Crippen LogP contribution in [0.25, 0.3) is 6.08 Å². The maximum atomic E-state index is 12.2. The molecule has 0 saturated carbocycles. The van der Waals surface area contributed by atoms with Crippen LogP contribution in [0.5, 0.6) is 5.75 Å². The number of carbonyl (C=O) groups excluding carboxylic acids is 2. The molecule has 0 aromatic heterocycles. The molecule has 0 atom stereocenters. The molecule has 0 saturated heterocycles. The van der Waals surface area contributed by atoms with Gasteiger partial charge < -0.3 is 4.74 Å². The van der Waals surface area contributed by atoms with Crippen LogP contribution in [0.4, 0.5) is 0 Å². The second-order valence-corrected chi connectivity index (χ2v) is 7.41. The fourth-order valence-electron chi connectivity index (χ4n) is 2.32. The Morgan fingerprint density at radius 3 is 2.15 bits per heavy atom. The summed E-state index contributed by atoms with van der Waals surface area (Å²) in [4.78, 5) is 24.4. The van der Waals surface area contributed by atoms with E-state index in [9.17, 15) is 9.59 Å². The third-order valence-electron chi connectivity index (χ3n) is 3.74. The van der Waals surface area contributed by atoms with E-state index in [2.05, 4.69) is 31.9 Å². The quantitative estimate of drug-likeness (QED) is 0.183. The third-order valence-corrected chi connectivity index (χ3v) is 4.96. The number of hydrogen-bond acceptors (Lipinski definition) is 3. The lowest BCUT2D eigenvalue weighted by Gasteiger charge is -2.06.